The molecular weight excluding hydrogens is 339 g/mol. The van der Waals surface area contributed by atoms with Gasteiger partial charge in [0.05, 0.1) is 9.82 Å². The highest BCUT2D eigenvalue weighted by molar-refractivity contribution is 7.98. The van der Waals surface area contributed by atoms with E-state index in [1.807, 2.05) is 4.72 Å². The molecule has 0 amide bonds. The number of nitro groups is 1. The van der Waals surface area contributed by atoms with Gasteiger partial charge in [-0.25, -0.2) is 8.42 Å². The second kappa shape index (κ2) is 7.51. The molecule has 0 heterocycles. The summed E-state index contributed by atoms with van der Waals surface area (Å²) in [5.41, 5.74) is -1.00. The van der Waals surface area contributed by atoms with Crippen LogP contribution in [-0.4, -0.2) is 42.5 Å². The van der Waals surface area contributed by atoms with Crippen molar-refractivity contribution in [3.05, 3.63) is 34.1 Å². The minimum absolute atomic E-state index is 0.0407. The summed E-state index contributed by atoms with van der Waals surface area (Å²) in [6, 6.07) is 0.648. The first-order chi connectivity index (χ1) is 10.2. The molecule has 2 N–H and O–H groups in total. The van der Waals surface area contributed by atoms with Gasteiger partial charge < -0.3 is 5.11 Å². The Morgan fingerprint density at radius 1 is 1.55 bits per heavy atom. The molecule has 0 aliphatic heterocycles. The Hall–Kier alpha value is -1.72. The van der Waals surface area contributed by atoms with E-state index < -0.39 is 43.4 Å². The van der Waals surface area contributed by atoms with Gasteiger partial charge in [-0.05, 0) is 30.6 Å². The molecule has 8 nitrogen and oxygen atoms in total. The zero-order chi connectivity index (χ0) is 16.9. The number of aliphatic carboxylic acids is 1. The van der Waals surface area contributed by atoms with E-state index in [0.717, 1.165) is 6.07 Å². The fraction of sp³-hybridized carbons (Fsp3) is 0.364. The van der Waals surface area contributed by atoms with E-state index in [1.165, 1.54) is 11.8 Å². The number of benzene rings is 1. The van der Waals surface area contributed by atoms with Gasteiger partial charge in [0.25, 0.3) is 0 Å². The lowest BCUT2D eigenvalue weighted by Crippen LogP contribution is -2.41. The number of rotatable bonds is 8. The van der Waals surface area contributed by atoms with Crippen LogP contribution in [0.3, 0.4) is 0 Å². The zero-order valence-corrected chi connectivity index (χ0v) is 13.0. The standard InChI is InChI=1S/C11H13FN2O6S2/c1-21-5-4-9(11(15)16)13-22(19,20)7-2-3-8(12)10(6-7)14(17)18/h2-3,6,9,13H,4-5H2,1H3,(H,15,16). The Bertz CT molecular complexity index is 679. The molecule has 1 rings (SSSR count). The number of nitrogens with one attached hydrogen (secondary N) is 1. The molecule has 0 bridgehead atoms. The predicted octanol–water partition coefficient (Wildman–Crippen LogP) is 1.22. The Balaban J connectivity index is 3.10. The van der Waals surface area contributed by atoms with Crippen molar-refractivity contribution >= 4 is 33.4 Å². The van der Waals surface area contributed by atoms with Crippen LogP contribution in [0.4, 0.5) is 10.1 Å². The first-order valence-corrected chi connectivity index (χ1v) is 8.74. The molecule has 0 fully saturated rings. The number of hydrogen-bond acceptors (Lipinski definition) is 6. The van der Waals surface area contributed by atoms with Crippen LogP contribution < -0.4 is 4.72 Å². The van der Waals surface area contributed by atoms with Crippen molar-refractivity contribution in [3.63, 3.8) is 0 Å². The summed E-state index contributed by atoms with van der Waals surface area (Å²) < 4.78 is 39.3. The van der Waals surface area contributed by atoms with E-state index in [9.17, 15) is 27.7 Å². The van der Waals surface area contributed by atoms with Crippen LogP contribution in [0.5, 0.6) is 0 Å². The Morgan fingerprint density at radius 3 is 2.68 bits per heavy atom. The smallest absolute Gasteiger partial charge is 0.321 e. The highest BCUT2D eigenvalue weighted by atomic mass is 32.2. The first-order valence-electron chi connectivity index (χ1n) is 5.87. The number of nitrogens with zero attached hydrogens (tertiary/aromatic N) is 1. The molecule has 22 heavy (non-hydrogen) atoms. The number of carboxylic acid groups (broad SMARTS) is 1. The number of carbonyl (C=O) groups is 1. The third-order valence-corrected chi connectivity index (χ3v) is 4.74. The maximum absolute atomic E-state index is 13.2. The molecule has 1 aromatic rings. The minimum Gasteiger partial charge on any atom is -0.480 e. The van der Waals surface area contributed by atoms with Gasteiger partial charge in [0.15, 0.2) is 0 Å². The predicted molar refractivity (Wildman–Crippen MR) is 77.8 cm³/mol. The van der Waals surface area contributed by atoms with E-state index in [0.29, 0.717) is 17.9 Å². The summed E-state index contributed by atoms with van der Waals surface area (Å²) in [6.07, 6.45) is 1.77. The van der Waals surface area contributed by atoms with Crippen LogP contribution >= 0.6 is 11.8 Å². The zero-order valence-electron chi connectivity index (χ0n) is 11.4. The molecule has 0 aromatic heterocycles. The molecular formula is C11H13FN2O6S2. The van der Waals surface area contributed by atoms with E-state index in [1.54, 1.807) is 6.26 Å². The van der Waals surface area contributed by atoms with Crippen LogP contribution in [0.15, 0.2) is 23.1 Å². The van der Waals surface area contributed by atoms with E-state index in [-0.39, 0.29) is 6.42 Å². The molecule has 0 saturated heterocycles. The summed E-state index contributed by atoms with van der Waals surface area (Å²) >= 11 is 1.34. The van der Waals surface area contributed by atoms with Crippen molar-refractivity contribution < 1.29 is 27.6 Å². The summed E-state index contributed by atoms with van der Waals surface area (Å²) in [4.78, 5) is 20.0. The van der Waals surface area contributed by atoms with Crippen molar-refractivity contribution in [1.82, 2.24) is 4.72 Å². The second-order valence-electron chi connectivity index (χ2n) is 4.16. The lowest BCUT2D eigenvalue weighted by atomic mass is 10.2. The van der Waals surface area contributed by atoms with Crippen molar-refractivity contribution in [3.8, 4) is 0 Å². The van der Waals surface area contributed by atoms with Crippen LogP contribution in [0, 0.1) is 15.9 Å². The normalized spacial score (nSPS) is 12.8. The Morgan fingerprint density at radius 2 is 2.18 bits per heavy atom. The van der Waals surface area contributed by atoms with Crippen LogP contribution in [-0.2, 0) is 14.8 Å². The van der Waals surface area contributed by atoms with Crippen LogP contribution in [0.1, 0.15) is 6.42 Å². The molecule has 0 aliphatic rings. The third-order valence-electron chi connectivity index (χ3n) is 2.63. The third kappa shape index (κ3) is 4.64. The Labute approximate surface area is 129 Å². The fourth-order valence-electron chi connectivity index (χ4n) is 1.52. The second-order valence-corrected chi connectivity index (χ2v) is 6.86. The van der Waals surface area contributed by atoms with Gasteiger partial charge in [-0.2, -0.15) is 20.9 Å². The Kier molecular flexibility index (Phi) is 6.26. The fourth-order valence-corrected chi connectivity index (χ4v) is 3.24. The molecule has 0 radical (unpaired) electrons. The molecule has 11 heteroatoms. The number of hydrogen-bond donors (Lipinski definition) is 2. The van der Waals surface area contributed by atoms with Crippen molar-refractivity contribution in [2.75, 3.05) is 12.0 Å². The molecule has 1 unspecified atom stereocenters. The molecule has 0 saturated carbocycles. The quantitative estimate of drug-likeness (QED) is 0.532. The first kappa shape index (κ1) is 18.3. The van der Waals surface area contributed by atoms with Gasteiger partial charge in [0.2, 0.25) is 15.8 Å². The molecule has 0 spiro atoms. The maximum atomic E-state index is 13.2. The average molecular weight is 352 g/mol. The van der Waals surface area contributed by atoms with Gasteiger partial charge in [-0.1, -0.05) is 0 Å². The monoisotopic (exact) mass is 352 g/mol. The number of nitro benzene ring substituents is 1. The van der Waals surface area contributed by atoms with Gasteiger partial charge in [0, 0.05) is 6.07 Å². The average Bonchev–Trinajstić information content (AvgIpc) is 2.43. The highest BCUT2D eigenvalue weighted by Gasteiger charge is 2.27. The minimum atomic E-state index is -4.32. The number of thioether (sulfide) groups is 1. The van der Waals surface area contributed by atoms with Gasteiger partial charge in [0.1, 0.15) is 6.04 Å². The van der Waals surface area contributed by atoms with E-state index >= 15 is 0 Å². The molecule has 1 atom stereocenters. The largest absolute Gasteiger partial charge is 0.480 e. The number of halogens is 1. The van der Waals surface area contributed by atoms with Crippen molar-refractivity contribution in [1.29, 1.82) is 0 Å². The van der Waals surface area contributed by atoms with Crippen LogP contribution in [0.2, 0.25) is 0 Å². The summed E-state index contributed by atoms with van der Waals surface area (Å²) in [5.74, 6) is -2.14. The number of sulfonamides is 1. The lowest BCUT2D eigenvalue weighted by molar-refractivity contribution is -0.387. The van der Waals surface area contributed by atoms with Gasteiger partial charge in [-0.15, -0.1) is 0 Å². The summed E-state index contributed by atoms with van der Waals surface area (Å²) in [5, 5.41) is 19.6. The van der Waals surface area contributed by atoms with E-state index in [2.05, 4.69) is 0 Å². The topological polar surface area (TPSA) is 127 Å². The molecule has 1 aromatic carbocycles. The summed E-state index contributed by atoms with van der Waals surface area (Å²) in [7, 11) is -4.32. The lowest BCUT2D eigenvalue weighted by Gasteiger charge is -2.14. The molecule has 122 valence electrons. The highest BCUT2D eigenvalue weighted by Crippen LogP contribution is 2.21. The van der Waals surface area contributed by atoms with Crippen molar-refractivity contribution in [2.45, 2.75) is 17.4 Å². The van der Waals surface area contributed by atoms with Crippen molar-refractivity contribution in [2.24, 2.45) is 0 Å². The number of carboxylic acids is 1. The van der Waals surface area contributed by atoms with E-state index in [4.69, 9.17) is 5.11 Å². The van der Waals surface area contributed by atoms with Crippen LogP contribution in [0.25, 0.3) is 0 Å². The van der Waals surface area contributed by atoms with Gasteiger partial charge >= 0.3 is 11.7 Å². The maximum Gasteiger partial charge on any atom is 0.321 e. The summed E-state index contributed by atoms with van der Waals surface area (Å²) in [6.45, 7) is 0. The van der Waals surface area contributed by atoms with Gasteiger partial charge in [-0.3, -0.25) is 14.9 Å². The SMILES string of the molecule is CSCCC(NS(=O)(=O)c1ccc(F)c([N+](=O)[O-])c1)C(=O)O. The molecule has 0 aliphatic carbocycles.